The molecule has 3 aromatic carbocycles. The van der Waals surface area contributed by atoms with Crippen LogP contribution in [0.2, 0.25) is 0 Å². The number of benzene rings is 3. The van der Waals surface area contributed by atoms with E-state index in [9.17, 15) is 14.4 Å². The Hall–Kier alpha value is -4.13. The van der Waals surface area contributed by atoms with Crippen molar-refractivity contribution in [2.75, 3.05) is 21.7 Å². The summed E-state index contributed by atoms with van der Waals surface area (Å²) in [6, 6.07) is 18.2. The van der Waals surface area contributed by atoms with E-state index in [4.69, 9.17) is 4.74 Å². The van der Waals surface area contributed by atoms with Crippen molar-refractivity contribution < 1.29 is 19.1 Å². The van der Waals surface area contributed by atoms with Gasteiger partial charge in [-0.1, -0.05) is 18.2 Å². The predicted molar refractivity (Wildman–Crippen MR) is 140 cm³/mol. The van der Waals surface area contributed by atoms with Crippen molar-refractivity contribution in [1.29, 1.82) is 0 Å². The lowest BCUT2D eigenvalue weighted by molar-refractivity contribution is -0.122. The Morgan fingerprint density at radius 1 is 0.972 bits per heavy atom. The number of para-hydroxylation sites is 1. The van der Waals surface area contributed by atoms with Gasteiger partial charge in [-0.25, -0.2) is 0 Å². The van der Waals surface area contributed by atoms with Gasteiger partial charge in [0.05, 0.1) is 17.2 Å². The molecule has 2 aliphatic rings. The number of fused-ring (bicyclic) bond motifs is 2. The summed E-state index contributed by atoms with van der Waals surface area (Å²) in [6.45, 7) is 8.24. The Morgan fingerprint density at radius 2 is 1.75 bits per heavy atom. The molecule has 7 nitrogen and oxygen atoms in total. The van der Waals surface area contributed by atoms with Crippen molar-refractivity contribution in [3.8, 4) is 11.5 Å². The van der Waals surface area contributed by atoms with Gasteiger partial charge in [0, 0.05) is 30.4 Å². The first-order chi connectivity index (χ1) is 17.2. The number of hydrogen-bond donors (Lipinski definition) is 1. The number of carbonyl (C=O) groups is 3. The van der Waals surface area contributed by atoms with Crippen molar-refractivity contribution in [1.82, 2.24) is 0 Å². The molecule has 1 N–H and O–H groups in total. The highest BCUT2D eigenvalue weighted by Gasteiger charge is 2.36. The fourth-order valence-corrected chi connectivity index (χ4v) is 4.74. The molecule has 2 heterocycles. The molecule has 0 aliphatic carbocycles. The number of amides is 3. The number of rotatable bonds is 4. The predicted octanol–water partition coefficient (Wildman–Crippen LogP) is 5.46. The van der Waals surface area contributed by atoms with E-state index < -0.39 is 5.92 Å². The minimum Gasteiger partial charge on any atom is -0.454 e. The number of nitrogens with one attached hydrogen (secondary N) is 1. The number of anilines is 3. The Morgan fingerprint density at radius 3 is 2.50 bits per heavy atom. The number of aryl methyl sites for hydroxylation is 2. The molecule has 36 heavy (non-hydrogen) atoms. The van der Waals surface area contributed by atoms with Crippen LogP contribution in [0.3, 0.4) is 0 Å². The maximum Gasteiger partial charge on any atom is 0.262 e. The van der Waals surface area contributed by atoms with Crippen LogP contribution in [0, 0.1) is 19.8 Å². The standard InChI is InChI=1S/C29H29N3O4/c1-17(2)32-24-15-21(10-12-26(24)36-25-8-6-5-7-23(25)29(32)35)30-28(34)20-14-27(33)31(16-20)22-11-9-18(3)19(4)13-22/h5-13,15,17,20H,14,16H2,1-4H3,(H,30,34). The van der Waals surface area contributed by atoms with E-state index in [0.717, 1.165) is 16.8 Å². The molecule has 1 unspecified atom stereocenters. The first kappa shape index (κ1) is 23.6. The van der Waals surface area contributed by atoms with E-state index in [1.807, 2.05) is 58.0 Å². The molecule has 1 saturated heterocycles. The van der Waals surface area contributed by atoms with Crippen LogP contribution in [-0.4, -0.2) is 30.3 Å². The molecule has 0 spiro atoms. The van der Waals surface area contributed by atoms with Crippen LogP contribution in [0.15, 0.2) is 60.7 Å². The summed E-state index contributed by atoms with van der Waals surface area (Å²) >= 11 is 0. The highest BCUT2D eigenvalue weighted by atomic mass is 16.5. The van der Waals surface area contributed by atoms with Gasteiger partial charge in [0.2, 0.25) is 11.8 Å². The van der Waals surface area contributed by atoms with Crippen molar-refractivity contribution >= 4 is 34.8 Å². The van der Waals surface area contributed by atoms with Crippen molar-refractivity contribution in [3.05, 3.63) is 77.4 Å². The van der Waals surface area contributed by atoms with Gasteiger partial charge in [0.15, 0.2) is 5.75 Å². The number of hydrogen-bond acceptors (Lipinski definition) is 4. The van der Waals surface area contributed by atoms with Crippen LogP contribution in [0.1, 0.15) is 41.8 Å². The Labute approximate surface area is 210 Å². The lowest BCUT2D eigenvalue weighted by Crippen LogP contribution is -2.36. The first-order valence-electron chi connectivity index (χ1n) is 12.2. The van der Waals surface area contributed by atoms with Gasteiger partial charge in [0.25, 0.3) is 5.91 Å². The molecule has 1 atom stereocenters. The van der Waals surface area contributed by atoms with Gasteiger partial charge in [0.1, 0.15) is 5.75 Å². The summed E-state index contributed by atoms with van der Waals surface area (Å²) in [5.74, 6) is 0.115. The number of nitrogens with zero attached hydrogens (tertiary/aromatic N) is 2. The monoisotopic (exact) mass is 483 g/mol. The summed E-state index contributed by atoms with van der Waals surface area (Å²) in [7, 11) is 0. The van der Waals surface area contributed by atoms with Crippen LogP contribution in [0.5, 0.6) is 11.5 Å². The molecule has 3 amide bonds. The molecule has 184 valence electrons. The summed E-state index contributed by atoms with van der Waals surface area (Å²) in [4.78, 5) is 42.6. The van der Waals surface area contributed by atoms with Crippen molar-refractivity contribution in [2.45, 2.75) is 40.2 Å². The molecule has 2 aliphatic heterocycles. The van der Waals surface area contributed by atoms with E-state index in [-0.39, 0.29) is 30.2 Å². The average Bonchev–Trinajstić information content (AvgIpc) is 3.18. The van der Waals surface area contributed by atoms with Gasteiger partial charge in [-0.3, -0.25) is 14.4 Å². The fourth-order valence-electron chi connectivity index (χ4n) is 4.74. The zero-order chi connectivity index (χ0) is 25.6. The zero-order valence-corrected chi connectivity index (χ0v) is 20.9. The fraction of sp³-hybridized carbons (Fsp3) is 0.276. The molecular weight excluding hydrogens is 454 g/mol. The van der Waals surface area contributed by atoms with E-state index in [0.29, 0.717) is 35.0 Å². The van der Waals surface area contributed by atoms with Gasteiger partial charge >= 0.3 is 0 Å². The summed E-state index contributed by atoms with van der Waals surface area (Å²) < 4.78 is 6.08. The largest absolute Gasteiger partial charge is 0.454 e. The first-order valence-corrected chi connectivity index (χ1v) is 12.2. The van der Waals surface area contributed by atoms with Gasteiger partial charge in [-0.05, 0) is 81.3 Å². The normalized spacial score (nSPS) is 17.0. The Balaban J connectivity index is 1.38. The van der Waals surface area contributed by atoms with Gasteiger partial charge in [-0.2, -0.15) is 0 Å². The lowest BCUT2D eigenvalue weighted by atomic mass is 10.1. The third kappa shape index (κ3) is 4.21. The van der Waals surface area contributed by atoms with E-state index in [1.54, 1.807) is 40.1 Å². The lowest BCUT2D eigenvalue weighted by Gasteiger charge is -2.26. The minimum absolute atomic E-state index is 0.0666. The number of carbonyl (C=O) groups excluding carboxylic acids is 3. The quantitative estimate of drug-likeness (QED) is 0.535. The third-order valence-corrected chi connectivity index (χ3v) is 6.86. The van der Waals surface area contributed by atoms with E-state index >= 15 is 0 Å². The topological polar surface area (TPSA) is 79.0 Å². The highest BCUT2D eigenvalue weighted by Crippen LogP contribution is 2.41. The van der Waals surface area contributed by atoms with Crippen LogP contribution < -0.4 is 19.9 Å². The van der Waals surface area contributed by atoms with Crippen LogP contribution >= 0.6 is 0 Å². The van der Waals surface area contributed by atoms with Crippen LogP contribution in [-0.2, 0) is 9.59 Å². The van der Waals surface area contributed by atoms with Gasteiger partial charge < -0.3 is 19.9 Å². The maximum atomic E-state index is 13.4. The molecule has 0 bridgehead atoms. The second-order valence-electron chi connectivity index (χ2n) is 9.71. The average molecular weight is 484 g/mol. The second-order valence-corrected chi connectivity index (χ2v) is 9.71. The smallest absolute Gasteiger partial charge is 0.262 e. The maximum absolute atomic E-state index is 13.4. The van der Waals surface area contributed by atoms with Gasteiger partial charge in [-0.15, -0.1) is 0 Å². The summed E-state index contributed by atoms with van der Waals surface area (Å²) in [6.07, 6.45) is 0.152. The van der Waals surface area contributed by atoms with Crippen molar-refractivity contribution in [3.63, 3.8) is 0 Å². The van der Waals surface area contributed by atoms with E-state index in [1.165, 1.54) is 0 Å². The van der Waals surface area contributed by atoms with E-state index in [2.05, 4.69) is 5.32 Å². The molecule has 0 radical (unpaired) electrons. The molecule has 7 heteroatoms. The highest BCUT2D eigenvalue weighted by molar-refractivity contribution is 6.10. The molecular formula is C29H29N3O4. The molecule has 1 fully saturated rings. The number of ether oxygens (including phenoxy) is 1. The Bertz CT molecular complexity index is 1380. The summed E-state index contributed by atoms with van der Waals surface area (Å²) in [5, 5.41) is 2.95. The molecule has 0 saturated carbocycles. The SMILES string of the molecule is Cc1ccc(N2CC(C(=O)Nc3ccc4c(c3)N(C(C)C)C(=O)c3ccccc3O4)CC2=O)cc1C. The molecule has 0 aromatic heterocycles. The van der Waals surface area contributed by atoms with Crippen molar-refractivity contribution in [2.24, 2.45) is 5.92 Å². The second kappa shape index (κ2) is 9.15. The van der Waals surface area contributed by atoms with Crippen LogP contribution in [0.25, 0.3) is 0 Å². The Kier molecular flexibility index (Phi) is 6.00. The third-order valence-electron chi connectivity index (χ3n) is 6.86. The molecule has 3 aromatic rings. The summed E-state index contributed by atoms with van der Waals surface area (Å²) in [5.41, 5.74) is 4.69. The van der Waals surface area contributed by atoms with Crippen LogP contribution in [0.4, 0.5) is 17.1 Å². The zero-order valence-electron chi connectivity index (χ0n) is 20.9. The minimum atomic E-state index is -0.471. The molecule has 5 rings (SSSR count).